The van der Waals surface area contributed by atoms with Crippen LogP contribution in [-0.4, -0.2) is 33.3 Å². The Hall–Kier alpha value is -2.83. The SMILES string of the molecule is CCNC(=NCc1ccc(OC)cc1OC)NCCc1cc(F)ccc1F. The topological polar surface area (TPSA) is 54.9 Å². The van der Waals surface area contributed by atoms with E-state index in [-0.39, 0.29) is 0 Å². The molecule has 0 aliphatic rings. The molecule has 0 atom stereocenters. The second-order valence-corrected chi connectivity index (χ2v) is 5.79. The van der Waals surface area contributed by atoms with Crippen LogP contribution in [0, 0.1) is 11.6 Å². The lowest BCUT2D eigenvalue weighted by molar-refractivity contribution is 0.391. The molecule has 0 aliphatic carbocycles. The quantitative estimate of drug-likeness (QED) is 0.548. The Bertz CT molecular complexity index is 782. The summed E-state index contributed by atoms with van der Waals surface area (Å²) in [6, 6.07) is 9.01. The summed E-state index contributed by atoms with van der Waals surface area (Å²) in [5, 5.41) is 6.26. The van der Waals surface area contributed by atoms with Crippen molar-refractivity contribution in [2.45, 2.75) is 19.9 Å². The van der Waals surface area contributed by atoms with Crippen molar-refractivity contribution in [1.82, 2.24) is 10.6 Å². The van der Waals surface area contributed by atoms with Crippen LogP contribution in [0.1, 0.15) is 18.1 Å². The van der Waals surface area contributed by atoms with Crippen LogP contribution in [-0.2, 0) is 13.0 Å². The van der Waals surface area contributed by atoms with Crippen molar-refractivity contribution in [2.24, 2.45) is 4.99 Å². The molecule has 2 aromatic carbocycles. The fourth-order valence-electron chi connectivity index (χ4n) is 2.54. The number of halogens is 2. The molecule has 2 aromatic rings. The van der Waals surface area contributed by atoms with Crippen molar-refractivity contribution in [1.29, 1.82) is 0 Å². The summed E-state index contributed by atoms with van der Waals surface area (Å²) >= 11 is 0. The molecule has 2 rings (SSSR count). The molecule has 0 bridgehead atoms. The van der Waals surface area contributed by atoms with Crippen LogP contribution >= 0.6 is 0 Å². The van der Waals surface area contributed by atoms with E-state index in [1.165, 1.54) is 6.07 Å². The molecule has 27 heavy (non-hydrogen) atoms. The summed E-state index contributed by atoms with van der Waals surface area (Å²) in [7, 11) is 3.19. The summed E-state index contributed by atoms with van der Waals surface area (Å²) in [6.45, 7) is 3.46. The molecule has 0 saturated carbocycles. The van der Waals surface area contributed by atoms with Gasteiger partial charge in [0.2, 0.25) is 0 Å². The third kappa shape index (κ3) is 6.13. The molecule has 0 aromatic heterocycles. The average Bonchev–Trinajstić information content (AvgIpc) is 2.68. The minimum atomic E-state index is -0.446. The minimum absolute atomic E-state index is 0.329. The van der Waals surface area contributed by atoms with Gasteiger partial charge in [-0.3, -0.25) is 0 Å². The maximum Gasteiger partial charge on any atom is 0.191 e. The Kier molecular flexibility index (Phi) is 7.85. The van der Waals surface area contributed by atoms with Crippen molar-refractivity contribution in [3.05, 3.63) is 59.2 Å². The fourth-order valence-corrected chi connectivity index (χ4v) is 2.54. The normalized spacial score (nSPS) is 11.2. The van der Waals surface area contributed by atoms with Gasteiger partial charge in [-0.05, 0) is 49.2 Å². The van der Waals surface area contributed by atoms with Gasteiger partial charge in [0.15, 0.2) is 5.96 Å². The summed E-state index contributed by atoms with van der Waals surface area (Å²) < 4.78 is 37.5. The molecule has 0 saturated heterocycles. The lowest BCUT2D eigenvalue weighted by Crippen LogP contribution is -2.38. The Labute approximate surface area is 158 Å². The summed E-state index contributed by atoms with van der Waals surface area (Å²) in [4.78, 5) is 4.52. The molecule has 5 nitrogen and oxygen atoms in total. The molecule has 0 heterocycles. The zero-order valence-electron chi connectivity index (χ0n) is 15.8. The van der Waals surface area contributed by atoms with E-state index >= 15 is 0 Å². The van der Waals surface area contributed by atoms with Gasteiger partial charge >= 0.3 is 0 Å². The monoisotopic (exact) mass is 377 g/mol. The number of ether oxygens (including phenoxy) is 2. The molecule has 2 N–H and O–H groups in total. The maximum absolute atomic E-state index is 13.7. The molecular formula is C20H25F2N3O2. The van der Waals surface area contributed by atoms with E-state index in [0.29, 0.717) is 49.1 Å². The van der Waals surface area contributed by atoms with Gasteiger partial charge in [-0.15, -0.1) is 0 Å². The van der Waals surface area contributed by atoms with Gasteiger partial charge in [0.05, 0.1) is 20.8 Å². The van der Waals surface area contributed by atoms with Crippen molar-refractivity contribution in [2.75, 3.05) is 27.3 Å². The van der Waals surface area contributed by atoms with Crippen molar-refractivity contribution in [3.8, 4) is 11.5 Å². The van der Waals surface area contributed by atoms with E-state index < -0.39 is 11.6 Å². The van der Waals surface area contributed by atoms with Gasteiger partial charge in [-0.2, -0.15) is 0 Å². The Morgan fingerprint density at radius 2 is 1.81 bits per heavy atom. The zero-order chi connectivity index (χ0) is 19.6. The summed E-state index contributed by atoms with van der Waals surface area (Å²) in [5.74, 6) is 1.13. The molecule has 146 valence electrons. The number of hydrogen-bond acceptors (Lipinski definition) is 3. The predicted octanol–water partition coefficient (Wildman–Crippen LogP) is 3.28. The number of benzene rings is 2. The largest absolute Gasteiger partial charge is 0.497 e. The van der Waals surface area contributed by atoms with Crippen LogP contribution in [0.5, 0.6) is 11.5 Å². The van der Waals surface area contributed by atoms with Crippen LogP contribution in [0.25, 0.3) is 0 Å². The number of hydrogen-bond donors (Lipinski definition) is 2. The van der Waals surface area contributed by atoms with E-state index in [2.05, 4.69) is 15.6 Å². The van der Waals surface area contributed by atoms with Crippen LogP contribution in [0.3, 0.4) is 0 Å². The molecule has 0 aliphatic heterocycles. The minimum Gasteiger partial charge on any atom is -0.497 e. The third-order valence-electron chi connectivity index (χ3n) is 3.94. The van der Waals surface area contributed by atoms with E-state index in [4.69, 9.17) is 9.47 Å². The first kappa shape index (κ1) is 20.5. The summed E-state index contributed by atoms with van der Waals surface area (Å²) in [6.07, 6.45) is 0.347. The lowest BCUT2D eigenvalue weighted by Gasteiger charge is -2.13. The Morgan fingerprint density at radius 1 is 1.00 bits per heavy atom. The zero-order valence-corrected chi connectivity index (χ0v) is 15.8. The highest BCUT2D eigenvalue weighted by molar-refractivity contribution is 5.79. The number of rotatable bonds is 8. The van der Waals surface area contributed by atoms with Crippen LogP contribution in [0.4, 0.5) is 8.78 Å². The van der Waals surface area contributed by atoms with Crippen LogP contribution in [0.2, 0.25) is 0 Å². The number of methoxy groups -OCH3 is 2. The van der Waals surface area contributed by atoms with Gasteiger partial charge in [0.25, 0.3) is 0 Å². The number of aliphatic imine (C=N–C) groups is 1. The lowest BCUT2D eigenvalue weighted by atomic mass is 10.1. The Morgan fingerprint density at radius 3 is 2.52 bits per heavy atom. The number of nitrogens with one attached hydrogen (secondary N) is 2. The van der Waals surface area contributed by atoms with Gasteiger partial charge < -0.3 is 20.1 Å². The third-order valence-corrected chi connectivity index (χ3v) is 3.94. The Balaban J connectivity index is 2.00. The van der Waals surface area contributed by atoms with Gasteiger partial charge in [0.1, 0.15) is 23.1 Å². The van der Waals surface area contributed by atoms with Gasteiger partial charge in [-0.1, -0.05) is 0 Å². The van der Waals surface area contributed by atoms with E-state index in [1.54, 1.807) is 20.3 Å². The van der Waals surface area contributed by atoms with E-state index in [9.17, 15) is 8.78 Å². The molecule has 0 unspecified atom stereocenters. The van der Waals surface area contributed by atoms with Crippen LogP contribution < -0.4 is 20.1 Å². The van der Waals surface area contributed by atoms with Crippen molar-refractivity contribution >= 4 is 5.96 Å². The first-order valence-corrected chi connectivity index (χ1v) is 8.74. The van der Waals surface area contributed by atoms with Gasteiger partial charge in [0, 0.05) is 24.7 Å². The average molecular weight is 377 g/mol. The highest BCUT2D eigenvalue weighted by Gasteiger charge is 2.07. The van der Waals surface area contributed by atoms with Crippen LogP contribution in [0.15, 0.2) is 41.4 Å². The first-order chi connectivity index (χ1) is 13.1. The van der Waals surface area contributed by atoms with Crippen molar-refractivity contribution < 1.29 is 18.3 Å². The number of guanidine groups is 1. The molecule has 0 fully saturated rings. The predicted molar refractivity (Wildman–Crippen MR) is 102 cm³/mol. The smallest absolute Gasteiger partial charge is 0.191 e. The molecule has 7 heteroatoms. The molecule has 0 spiro atoms. The standard InChI is InChI=1S/C20H25F2N3O2/c1-4-23-20(24-10-9-14-11-16(21)6-8-18(14)22)25-13-15-5-7-17(26-2)12-19(15)27-3/h5-8,11-12H,4,9-10,13H2,1-3H3,(H2,23,24,25). The molecule has 0 amide bonds. The maximum atomic E-state index is 13.7. The summed E-state index contributed by atoms with van der Waals surface area (Å²) in [5.41, 5.74) is 1.24. The molecular weight excluding hydrogens is 352 g/mol. The van der Waals surface area contributed by atoms with Crippen molar-refractivity contribution in [3.63, 3.8) is 0 Å². The highest BCUT2D eigenvalue weighted by Crippen LogP contribution is 2.25. The fraction of sp³-hybridized carbons (Fsp3) is 0.350. The highest BCUT2D eigenvalue weighted by atomic mass is 19.1. The van der Waals surface area contributed by atoms with Gasteiger partial charge in [-0.25, -0.2) is 13.8 Å². The second kappa shape index (κ2) is 10.4. The molecule has 0 radical (unpaired) electrons. The number of nitrogens with zero attached hydrogens (tertiary/aromatic N) is 1. The first-order valence-electron chi connectivity index (χ1n) is 8.74. The second-order valence-electron chi connectivity index (χ2n) is 5.79. The van der Waals surface area contributed by atoms with E-state index in [1.807, 2.05) is 19.1 Å². The van der Waals surface area contributed by atoms with E-state index in [0.717, 1.165) is 17.7 Å².